The maximum atomic E-state index is 12.4. The molecule has 2 unspecified atom stereocenters. The predicted octanol–water partition coefficient (Wildman–Crippen LogP) is 2.55. The highest BCUT2D eigenvalue weighted by Crippen LogP contribution is 2.45. The zero-order valence-electron chi connectivity index (χ0n) is 13.7. The Morgan fingerprint density at radius 2 is 1.55 bits per heavy atom. The average Bonchev–Trinajstić information content (AvgIpc) is 2.40. The molecule has 0 radical (unpaired) electrons. The topological polar surface area (TPSA) is 54.4 Å². The lowest BCUT2D eigenvalue weighted by molar-refractivity contribution is 0.00503. The van der Waals surface area contributed by atoms with E-state index in [1.807, 2.05) is 12.1 Å². The number of hydrogen-bond acceptors (Lipinski definition) is 3. The summed E-state index contributed by atoms with van der Waals surface area (Å²) in [5, 5.41) is 11.8. The summed E-state index contributed by atoms with van der Waals surface area (Å²) in [5.41, 5.74) is -0.0831. The summed E-state index contributed by atoms with van der Waals surface area (Å²) in [7, 11) is -4.38. The van der Waals surface area contributed by atoms with Crippen molar-refractivity contribution in [3.8, 4) is 0 Å². The Hall–Kier alpha value is -0.653. The van der Waals surface area contributed by atoms with Crippen molar-refractivity contribution < 1.29 is 13.5 Å². The van der Waals surface area contributed by atoms with E-state index in [4.69, 9.17) is 0 Å². The molecule has 3 nitrogen and oxygen atoms in total. The monoisotopic (exact) mass is 338 g/mol. The van der Waals surface area contributed by atoms with Gasteiger partial charge in [0.25, 0.3) is 0 Å². The van der Waals surface area contributed by atoms with Gasteiger partial charge >= 0.3 is 0 Å². The van der Waals surface area contributed by atoms with Crippen LogP contribution in [0, 0.1) is 0 Å². The summed E-state index contributed by atoms with van der Waals surface area (Å²) in [6, 6.07) is 8.28. The van der Waals surface area contributed by atoms with E-state index in [2.05, 4.69) is 31.8 Å². The van der Waals surface area contributed by atoms with Gasteiger partial charge in [0.1, 0.15) is 0 Å². The average molecular weight is 339 g/mol. The van der Waals surface area contributed by atoms with Crippen LogP contribution in [0.5, 0.6) is 0 Å². The summed E-state index contributed by atoms with van der Waals surface area (Å²) >= 11 is 0. The molecular formula is C17H26O3SSi. The quantitative estimate of drug-likeness (QED) is 0.843. The zero-order chi connectivity index (χ0) is 16.2. The lowest BCUT2D eigenvalue weighted by Crippen LogP contribution is -2.50. The van der Waals surface area contributed by atoms with Crippen LogP contribution in [0.4, 0.5) is 0 Å². The minimum Gasteiger partial charge on any atom is -0.385 e. The molecule has 1 aromatic carbocycles. The summed E-state index contributed by atoms with van der Waals surface area (Å²) in [6.45, 7) is 6.90. The van der Waals surface area contributed by atoms with Gasteiger partial charge in [-0.2, -0.15) is 0 Å². The molecule has 0 amide bonds. The molecule has 2 atom stereocenters. The van der Waals surface area contributed by atoms with Gasteiger partial charge in [0.2, 0.25) is 0 Å². The first kappa shape index (κ1) is 16.2. The predicted molar refractivity (Wildman–Crippen MR) is 92.9 cm³/mol. The zero-order valence-corrected chi connectivity index (χ0v) is 15.5. The second-order valence-electron chi connectivity index (χ2n) is 8.03. The number of aliphatic hydroxyl groups is 1. The molecule has 0 spiro atoms. The molecule has 2 aliphatic rings. The Morgan fingerprint density at radius 1 is 1.05 bits per heavy atom. The molecule has 0 aliphatic carbocycles. The Morgan fingerprint density at radius 3 is 2.00 bits per heavy atom. The summed E-state index contributed by atoms with van der Waals surface area (Å²) in [4.78, 5) is 0. The number of fused-ring (bicyclic) bond motifs is 2. The fraction of sp³-hybridized carbons (Fsp3) is 0.647. The lowest BCUT2D eigenvalue weighted by atomic mass is 9.80. The maximum Gasteiger partial charge on any atom is 0.156 e. The fourth-order valence-electron chi connectivity index (χ4n) is 3.96. The van der Waals surface area contributed by atoms with E-state index in [-0.39, 0.29) is 10.5 Å². The SMILES string of the molecule is C[Si](C)(C)c1ccc(C2(O)CC3CCCC(C2)S3(=O)=O)cc1. The molecule has 2 aliphatic heterocycles. The highest BCUT2D eigenvalue weighted by molar-refractivity contribution is 7.92. The van der Waals surface area contributed by atoms with Crippen LogP contribution in [-0.2, 0) is 15.4 Å². The molecule has 3 rings (SSSR count). The van der Waals surface area contributed by atoms with Crippen molar-refractivity contribution in [2.45, 2.75) is 67.8 Å². The number of hydrogen-bond donors (Lipinski definition) is 1. The van der Waals surface area contributed by atoms with Gasteiger partial charge in [0.05, 0.1) is 24.2 Å². The van der Waals surface area contributed by atoms with Gasteiger partial charge in [-0.15, -0.1) is 0 Å². The van der Waals surface area contributed by atoms with Crippen LogP contribution in [0.15, 0.2) is 24.3 Å². The minimum absolute atomic E-state index is 0.359. The Balaban J connectivity index is 1.92. The fourth-order valence-corrected chi connectivity index (χ4v) is 7.68. The molecule has 122 valence electrons. The number of benzene rings is 1. The molecule has 0 aromatic heterocycles. The number of rotatable bonds is 2. The molecule has 2 saturated heterocycles. The third-order valence-electron chi connectivity index (χ3n) is 5.40. The van der Waals surface area contributed by atoms with Crippen molar-refractivity contribution >= 4 is 23.1 Å². The van der Waals surface area contributed by atoms with Crippen LogP contribution < -0.4 is 5.19 Å². The van der Waals surface area contributed by atoms with Crippen molar-refractivity contribution in [1.29, 1.82) is 0 Å². The van der Waals surface area contributed by atoms with Crippen molar-refractivity contribution in [1.82, 2.24) is 0 Å². The molecule has 2 heterocycles. The van der Waals surface area contributed by atoms with Crippen molar-refractivity contribution in [2.75, 3.05) is 0 Å². The van der Waals surface area contributed by atoms with E-state index in [0.29, 0.717) is 25.7 Å². The maximum absolute atomic E-state index is 12.4. The first-order chi connectivity index (χ1) is 10.1. The molecule has 0 saturated carbocycles. The largest absolute Gasteiger partial charge is 0.385 e. The number of sulfone groups is 1. The van der Waals surface area contributed by atoms with E-state index in [1.54, 1.807) is 0 Å². The van der Waals surface area contributed by atoms with Gasteiger partial charge in [-0.25, -0.2) is 8.42 Å². The van der Waals surface area contributed by atoms with Gasteiger partial charge < -0.3 is 5.11 Å². The van der Waals surface area contributed by atoms with E-state index in [1.165, 1.54) is 5.19 Å². The first-order valence-electron chi connectivity index (χ1n) is 8.19. The Bertz CT molecular complexity index is 638. The van der Waals surface area contributed by atoms with E-state index in [9.17, 15) is 13.5 Å². The van der Waals surface area contributed by atoms with Crippen LogP contribution >= 0.6 is 0 Å². The highest BCUT2D eigenvalue weighted by Gasteiger charge is 2.50. The second kappa shape index (κ2) is 5.18. The first-order valence-corrected chi connectivity index (χ1v) is 13.3. The molecule has 1 N–H and O–H groups in total. The highest BCUT2D eigenvalue weighted by atomic mass is 32.2. The summed E-state index contributed by atoms with van der Waals surface area (Å²) in [5.74, 6) is 0. The van der Waals surface area contributed by atoms with Crippen LogP contribution in [0.3, 0.4) is 0 Å². The van der Waals surface area contributed by atoms with Gasteiger partial charge in [-0.3, -0.25) is 0 Å². The second-order valence-corrected chi connectivity index (χ2v) is 15.6. The van der Waals surface area contributed by atoms with Crippen LogP contribution in [0.25, 0.3) is 0 Å². The normalized spacial score (nSPS) is 34.4. The van der Waals surface area contributed by atoms with Crippen molar-refractivity contribution in [3.63, 3.8) is 0 Å². The van der Waals surface area contributed by atoms with Crippen LogP contribution in [-0.4, -0.2) is 32.1 Å². The molecule has 5 heteroatoms. The molecule has 2 fully saturated rings. The minimum atomic E-state index is -3.03. The standard InChI is InChI=1S/C17H26O3SSi/c1-22(2,3)16-9-7-13(8-10-16)17(18)11-14-5-4-6-15(12-17)21(14,19)20/h7-10,14-15,18H,4-6,11-12H2,1-3H3. The van der Waals surface area contributed by atoms with Crippen LogP contribution in [0.2, 0.25) is 19.6 Å². The van der Waals surface area contributed by atoms with Crippen molar-refractivity contribution in [2.24, 2.45) is 0 Å². The summed E-state index contributed by atoms with van der Waals surface area (Å²) < 4.78 is 24.8. The van der Waals surface area contributed by atoms with Gasteiger partial charge in [-0.05, 0) is 31.2 Å². The van der Waals surface area contributed by atoms with Gasteiger partial charge in [-0.1, -0.05) is 55.5 Å². The van der Waals surface area contributed by atoms with Gasteiger partial charge in [0, 0.05) is 0 Å². The molecule has 1 aromatic rings. The third-order valence-corrected chi connectivity index (χ3v) is 10.1. The molecular weight excluding hydrogens is 312 g/mol. The van der Waals surface area contributed by atoms with Crippen molar-refractivity contribution in [3.05, 3.63) is 29.8 Å². The Kier molecular flexibility index (Phi) is 3.82. The smallest absolute Gasteiger partial charge is 0.156 e. The summed E-state index contributed by atoms with van der Waals surface area (Å²) in [6.07, 6.45) is 3.09. The van der Waals surface area contributed by atoms with E-state index in [0.717, 1.165) is 12.0 Å². The van der Waals surface area contributed by atoms with Gasteiger partial charge in [0.15, 0.2) is 9.84 Å². The lowest BCUT2D eigenvalue weighted by Gasteiger charge is -2.44. The third kappa shape index (κ3) is 2.67. The van der Waals surface area contributed by atoms with E-state index < -0.39 is 23.5 Å². The Labute approximate surface area is 134 Å². The van der Waals surface area contributed by atoms with Crippen LogP contribution in [0.1, 0.15) is 37.7 Å². The molecule has 22 heavy (non-hydrogen) atoms. The van der Waals surface area contributed by atoms with E-state index >= 15 is 0 Å². The molecule has 2 bridgehead atoms.